The quantitative estimate of drug-likeness (QED) is 0.357. The van der Waals surface area contributed by atoms with Gasteiger partial charge in [0.2, 0.25) is 5.92 Å². The van der Waals surface area contributed by atoms with Crippen molar-refractivity contribution in [3.63, 3.8) is 0 Å². The highest BCUT2D eigenvalue weighted by molar-refractivity contribution is 6.11. The van der Waals surface area contributed by atoms with E-state index >= 15 is 0 Å². The zero-order chi connectivity index (χ0) is 19.1. The molecule has 1 atom stereocenters. The first-order valence-corrected chi connectivity index (χ1v) is 7.83. The molecule has 0 aliphatic rings. The van der Waals surface area contributed by atoms with Gasteiger partial charge >= 0.3 is 5.97 Å². The smallest absolute Gasteiger partial charge is 0.331 e. The van der Waals surface area contributed by atoms with Crippen molar-refractivity contribution in [1.82, 2.24) is 0 Å². The van der Waals surface area contributed by atoms with Crippen molar-refractivity contribution in [2.45, 2.75) is 6.92 Å². The number of esters is 1. The summed E-state index contributed by atoms with van der Waals surface area (Å²) in [6.07, 6.45) is 0. The van der Waals surface area contributed by atoms with E-state index in [2.05, 4.69) is 5.32 Å². The summed E-state index contributed by atoms with van der Waals surface area (Å²) in [5.41, 5.74) is 7.21. The largest absolute Gasteiger partial charge is 0.465 e. The number of nitriles is 1. The molecule has 3 N–H and O–H groups in total. The van der Waals surface area contributed by atoms with Crippen LogP contribution < -0.4 is 11.1 Å². The van der Waals surface area contributed by atoms with Gasteiger partial charge in [-0.3, -0.25) is 14.4 Å². The number of rotatable bonds is 6. The van der Waals surface area contributed by atoms with E-state index in [4.69, 9.17) is 15.7 Å². The first kappa shape index (κ1) is 18.7. The van der Waals surface area contributed by atoms with Gasteiger partial charge in [0.05, 0.1) is 12.7 Å². The fourth-order valence-electron chi connectivity index (χ4n) is 2.17. The van der Waals surface area contributed by atoms with Crippen LogP contribution in [-0.4, -0.2) is 24.3 Å². The van der Waals surface area contributed by atoms with Gasteiger partial charge in [0.25, 0.3) is 5.91 Å². The van der Waals surface area contributed by atoms with Crippen molar-refractivity contribution >= 4 is 29.0 Å². The Morgan fingerprint density at radius 2 is 1.65 bits per heavy atom. The summed E-state index contributed by atoms with van der Waals surface area (Å²) in [7, 11) is 0. The van der Waals surface area contributed by atoms with Crippen LogP contribution in [0.3, 0.4) is 0 Å². The van der Waals surface area contributed by atoms with Gasteiger partial charge in [0.15, 0.2) is 5.78 Å². The number of ether oxygens (including phenoxy) is 1. The van der Waals surface area contributed by atoms with E-state index in [1.165, 1.54) is 24.3 Å². The Morgan fingerprint density at radius 1 is 1.08 bits per heavy atom. The van der Waals surface area contributed by atoms with E-state index < -0.39 is 17.7 Å². The summed E-state index contributed by atoms with van der Waals surface area (Å²) < 4.78 is 4.72. The number of anilines is 2. The van der Waals surface area contributed by atoms with Crippen molar-refractivity contribution in [2.24, 2.45) is 5.92 Å². The highest BCUT2D eigenvalue weighted by atomic mass is 16.5. The molecule has 0 fully saturated rings. The lowest BCUT2D eigenvalue weighted by Crippen LogP contribution is -2.25. The molecule has 7 nitrogen and oxygen atoms in total. The maximum absolute atomic E-state index is 12.3. The Labute approximate surface area is 150 Å². The van der Waals surface area contributed by atoms with Gasteiger partial charge in [-0.25, -0.2) is 0 Å². The number of carbonyl (C=O) groups is 3. The topological polar surface area (TPSA) is 122 Å². The maximum atomic E-state index is 12.3. The Kier molecular flexibility index (Phi) is 6.06. The summed E-state index contributed by atoms with van der Waals surface area (Å²) in [4.78, 5) is 36.0. The number of amides is 1. The van der Waals surface area contributed by atoms with Crippen LogP contribution in [0.5, 0.6) is 0 Å². The number of benzene rings is 2. The molecule has 0 aromatic heterocycles. The van der Waals surface area contributed by atoms with E-state index in [1.807, 2.05) is 0 Å². The molecule has 1 amide bonds. The maximum Gasteiger partial charge on any atom is 0.331 e. The molecule has 0 saturated carbocycles. The minimum Gasteiger partial charge on any atom is -0.465 e. The lowest BCUT2D eigenvalue weighted by molar-refractivity contribution is -0.144. The van der Waals surface area contributed by atoms with Crippen LogP contribution in [0.2, 0.25) is 0 Å². The number of Topliss-reactive ketones (excluding diaryl/α,β-unsaturated/α-hetero) is 1. The van der Waals surface area contributed by atoms with Gasteiger partial charge in [0, 0.05) is 22.5 Å². The molecule has 0 saturated heterocycles. The Balaban J connectivity index is 2.09. The Hall–Kier alpha value is -3.66. The zero-order valence-corrected chi connectivity index (χ0v) is 14.1. The number of nitrogens with one attached hydrogen (secondary N) is 1. The fourth-order valence-corrected chi connectivity index (χ4v) is 2.17. The van der Waals surface area contributed by atoms with Gasteiger partial charge in [-0.1, -0.05) is 0 Å². The first-order chi connectivity index (χ1) is 12.5. The van der Waals surface area contributed by atoms with Gasteiger partial charge in [-0.05, 0) is 55.5 Å². The summed E-state index contributed by atoms with van der Waals surface area (Å²) in [5, 5.41) is 11.7. The second-order valence-corrected chi connectivity index (χ2v) is 5.33. The molecule has 7 heteroatoms. The molecule has 2 aromatic rings. The number of nitrogens with two attached hydrogens (primary N) is 1. The van der Waals surface area contributed by atoms with E-state index in [9.17, 15) is 14.4 Å². The van der Waals surface area contributed by atoms with Crippen LogP contribution in [0.4, 0.5) is 11.4 Å². The monoisotopic (exact) mass is 351 g/mol. The predicted octanol–water partition coefficient (Wildman–Crippen LogP) is 2.41. The molecule has 0 spiro atoms. The number of nitrogens with zero attached hydrogens (tertiary/aromatic N) is 1. The van der Waals surface area contributed by atoms with Crippen molar-refractivity contribution in [2.75, 3.05) is 17.7 Å². The molecule has 0 aliphatic heterocycles. The third kappa shape index (κ3) is 4.45. The lowest BCUT2D eigenvalue weighted by Gasteiger charge is -2.09. The molecule has 0 bridgehead atoms. The molecular formula is C19H17N3O4. The molecule has 26 heavy (non-hydrogen) atoms. The Bertz CT molecular complexity index is 852. The van der Waals surface area contributed by atoms with Crippen molar-refractivity contribution in [3.05, 3.63) is 59.7 Å². The van der Waals surface area contributed by atoms with E-state index in [0.717, 1.165) is 0 Å². The molecule has 0 radical (unpaired) electrons. The lowest BCUT2D eigenvalue weighted by atomic mass is 9.99. The second-order valence-electron chi connectivity index (χ2n) is 5.33. The molecular weight excluding hydrogens is 334 g/mol. The minimum absolute atomic E-state index is 0.0837. The highest BCUT2D eigenvalue weighted by Gasteiger charge is 2.28. The SMILES string of the molecule is CCOC(=O)C(C#N)C(=O)c1ccc(NC(=O)c2ccc(N)cc2)cc1. The van der Waals surface area contributed by atoms with E-state index in [1.54, 1.807) is 37.3 Å². The molecule has 132 valence electrons. The average Bonchev–Trinajstić information content (AvgIpc) is 2.63. The van der Waals surface area contributed by atoms with Crippen LogP contribution in [0.15, 0.2) is 48.5 Å². The van der Waals surface area contributed by atoms with Crippen LogP contribution in [0, 0.1) is 17.2 Å². The summed E-state index contributed by atoms with van der Waals surface area (Å²) in [5.74, 6) is -3.36. The zero-order valence-electron chi connectivity index (χ0n) is 14.1. The summed E-state index contributed by atoms with van der Waals surface area (Å²) >= 11 is 0. The number of nitrogen functional groups attached to an aromatic ring is 1. The van der Waals surface area contributed by atoms with Crippen molar-refractivity contribution < 1.29 is 19.1 Å². The molecule has 2 aromatic carbocycles. The van der Waals surface area contributed by atoms with Crippen molar-refractivity contribution in [1.29, 1.82) is 5.26 Å². The molecule has 0 heterocycles. The predicted molar refractivity (Wildman–Crippen MR) is 95.3 cm³/mol. The van der Waals surface area contributed by atoms with E-state index in [-0.39, 0.29) is 18.1 Å². The molecule has 2 rings (SSSR count). The standard InChI is InChI=1S/C19H17N3O4/c1-2-26-19(25)16(11-20)17(23)12-5-9-15(10-6-12)22-18(24)13-3-7-14(21)8-4-13/h3-10,16H,2,21H2,1H3,(H,22,24). The normalized spacial score (nSPS) is 11.1. The average molecular weight is 351 g/mol. The van der Waals surface area contributed by atoms with Gasteiger partial charge in [0.1, 0.15) is 0 Å². The van der Waals surface area contributed by atoms with Crippen LogP contribution in [-0.2, 0) is 9.53 Å². The van der Waals surface area contributed by atoms with Crippen LogP contribution in [0.25, 0.3) is 0 Å². The third-order valence-electron chi connectivity index (χ3n) is 3.51. The number of ketones is 1. The van der Waals surface area contributed by atoms with Crippen LogP contribution in [0.1, 0.15) is 27.6 Å². The second kappa shape index (κ2) is 8.44. The number of hydrogen-bond acceptors (Lipinski definition) is 6. The third-order valence-corrected chi connectivity index (χ3v) is 3.51. The van der Waals surface area contributed by atoms with E-state index in [0.29, 0.717) is 16.9 Å². The van der Waals surface area contributed by atoms with Gasteiger partial charge < -0.3 is 15.8 Å². The molecule has 1 unspecified atom stereocenters. The van der Waals surface area contributed by atoms with Gasteiger partial charge in [-0.2, -0.15) is 5.26 Å². The minimum atomic E-state index is -1.51. The fraction of sp³-hybridized carbons (Fsp3) is 0.158. The first-order valence-electron chi connectivity index (χ1n) is 7.83. The number of hydrogen-bond donors (Lipinski definition) is 2. The van der Waals surface area contributed by atoms with Gasteiger partial charge in [-0.15, -0.1) is 0 Å². The Morgan fingerprint density at radius 3 is 2.19 bits per heavy atom. The summed E-state index contributed by atoms with van der Waals surface area (Å²) in [6.45, 7) is 1.68. The van der Waals surface area contributed by atoms with Crippen molar-refractivity contribution in [3.8, 4) is 6.07 Å². The molecule has 0 aliphatic carbocycles. The number of carbonyl (C=O) groups excluding carboxylic acids is 3. The van der Waals surface area contributed by atoms with Crippen LogP contribution >= 0.6 is 0 Å². The summed E-state index contributed by atoms with van der Waals surface area (Å²) in [6, 6.07) is 14.0. The highest BCUT2D eigenvalue weighted by Crippen LogP contribution is 2.16.